The van der Waals surface area contributed by atoms with Crippen LogP contribution < -0.4 is 15.8 Å². The van der Waals surface area contributed by atoms with Crippen LogP contribution in [0.1, 0.15) is 12.5 Å². The van der Waals surface area contributed by atoms with E-state index in [-0.39, 0.29) is 0 Å². The molecule has 3 rings (SSSR count). The fraction of sp³-hybridized carbons (Fsp3) is 0.118. The summed E-state index contributed by atoms with van der Waals surface area (Å²) < 4.78 is 5.76. The van der Waals surface area contributed by atoms with Gasteiger partial charge in [-0.1, -0.05) is 19.1 Å². The van der Waals surface area contributed by atoms with Crippen molar-refractivity contribution in [1.29, 1.82) is 0 Å². The lowest BCUT2D eigenvalue weighted by atomic mass is 10.2. The number of hydrogen-bond acceptors (Lipinski definition) is 6. The van der Waals surface area contributed by atoms with E-state index in [0.29, 0.717) is 23.1 Å². The highest BCUT2D eigenvalue weighted by atomic mass is 16.5. The molecule has 6 nitrogen and oxygen atoms in total. The summed E-state index contributed by atoms with van der Waals surface area (Å²) in [5.41, 5.74) is 8.48. The first-order valence-electron chi connectivity index (χ1n) is 7.30. The maximum atomic E-state index is 6.10. The largest absolute Gasteiger partial charge is 0.437 e. The highest BCUT2D eigenvalue weighted by Crippen LogP contribution is 2.30. The number of nitrogens with two attached hydrogens (primary N) is 1. The van der Waals surface area contributed by atoms with Crippen molar-refractivity contribution < 1.29 is 4.74 Å². The van der Waals surface area contributed by atoms with Crippen molar-refractivity contribution in [2.24, 2.45) is 0 Å². The second-order valence-electron chi connectivity index (χ2n) is 4.91. The lowest BCUT2D eigenvalue weighted by Gasteiger charge is -2.11. The summed E-state index contributed by atoms with van der Waals surface area (Å²) in [6.45, 7) is 2.11. The van der Waals surface area contributed by atoms with Gasteiger partial charge in [-0.3, -0.25) is 4.98 Å². The highest BCUT2D eigenvalue weighted by Gasteiger charge is 2.10. The predicted molar refractivity (Wildman–Crippen MR) is 89.9 cm³/mol. The number of nitrogens with one attached hydrogen (secondary N) is 1. The highest BCUT2D eigenvalue weighted by molar-refractivity contribution is 5.72. The van der Waals surface area contributed by atoms with E-state index in [9.17, 15) is 0 Å². The second kappa shape index (κ2) is 6.74. The zero-order valence-corrected chi connectivity index (χ0v) is 12.7. The smallest absolute Gasteiger partial charge is 0.248 e. The van der Waals surface area contributed by atoms with Gasteiger partial charge in [-0.15, -0.1) is 0 Å². The summed E-state index contributed by atoms with van der Waals surface area (Å²) >= 11 is 0. The van der Waals surface area contributed by atoms with Gasteiger partial charge in [0.15, 0.2) is 5.82 Å². The molecule has 0 bridgehead atoms. The molecule has 2 aromatic heterocycles. The van der Waals surface area contributed by atoms with Crippen molar-refractivity contribution in [2.45, 2.75) is 13.3 Å². The van der Waals surface area contributed by atoms with Crippen molar-refractivity contribution in [3.05, 3.63) is 60.7 Å². The van der Waals surface area contributed by atoms with Gasteiger partial charge in [-0.05, 0) is 36.2 Å². The molecule has 0 aliphatic rings. The molecule has 0 spiro atoms. The molecule has 0 atom stereocenters. The Labute approximate surface area is 134 Å². The van der Waals surface area contributed by atoms with E-state index in [1.807, 2.05) is 36.4 Å². The minimum absolute atomic E-state index is 0.315. The van der Waals surface area contributed by atoms with Crippen LogP contribution in [0.2, 0.25) is 0 Å². The summed E-state index contributed by atoms with van der Waals surface area (Å²) in [7, 11) is 0. The Morgan fingerprint density at radius 3 is 2.65 bits per heavy atom. The Morgan fingerprint density at radius 1 is 1.13 bits per heavy atom. The van der Waals surface area contributed by atoms with Gasteiger partial charge in [-0.25, -0.2) is 4.98 Å². The summed E-state index contributed by atoms with van der Waals surface area (Å²) in [6.07, 6.45) is 5.77. The zero-order valence-electron chi connectivity index (χ0n) is 12.7. The molecule has 23 heavy (non-hydrogen) atoms. The number of benzene rings is 1. The molecule has 3 aromatic rings. The maximum absolute atomic E-state index is 6.10. The van der Waals surface area contributed by atoms with Gasteiger partial charge in [0.2, 0.25) is 5.88 Å². The molecule has 0 saturated heterocycles. The van der Waals surface area contributed by atoms with Crippen LogP contribution in [-0.4, -0.2) is 15.0 Å². The fourth-order valence-corrected chi connectivity index (χ4v) is 2.04. The van der Waals surface area contributed by atoms with E-state index in [1.54, 1.807) is 12.4 Å². The van der Waals surface area contributed by atoms with Crippen LogP contribution in [0.15, 0.2) is 55.1 Å². The van der Waals surface area contributed by atoms with E-state index in [1.165, 1.54) is 11.9 Å². The van der Waals surface area contributed by atoms with Crippen LogP contribution in [0.3, 0.4) is 0 Å². The predicted octanol–water partition coefficient (Wildman–Crippen LogP) is 3.55. The second-order valence-corrected chi connectivity index (χ2v) is 4.91. The Morgan fingerprint density at radius 2 is 1.96 bits per heavy atom. The van der Waals surface area contributed by atoms with Gasteiger partial charge in [0, 0.05) is 6.20 Å². The van der Waals surface area contributed by atoms with E-state index in [2.05, 4.69) is 27.2 Å². The van der Waals surface area contributed by atoms with Crippen molar-refractivity contribution in [3.8, 4) is 11.6 Å². The fourth-order valence-electron chi connectivity index (χ4n) is 2.04. The third-order valence-electron chi connectivity index (χ3n) is 3.32. The van der Waals surface area contributed by atoms with Crippen LogP contribution in [-0.2, 0) is 6.42 Å². The maximum Gasteiger partial charge on any atom is 0.248 e. The molecule has 0 radical (unpaired) electrons. The first kappa shape index (κ1) is 14.8. The first-order chi connectivity index (χ1) is 11.3. The molecular formula is C17H17N5O. The summed E-state index contributed by atoms with van der Waals surface area (Å²) in [4.78, 5) is 12.3. The topological polar surface area (TPSA) is 86.0 Å². The van der Waals surface area contributed by atoms with Gasteiger partial charge >= 0.3 is 0 Å². The van der Waals surface area contributed by atoms with E-state index in [4.69, 9.17) is 10.5 Å². The molecule has 3 N–H and O–H groups in total. The van der Waals surface area contributed by atoms with Gasteiger partial charge in [0.05, 0.1) is 11.9 Å². The molecule has 1 aromatic carbocycles. The number of aromatic nitrogens is 3. The van der Waals surface area contributed by atoms with E-state index < -0.39 is 0 Å². The number of anilines is 3. The van der Waals surface area contributed by atoms with Crippen molar-refractivity contribution in [3.63, 3.8) is 0 Å². The van der Waals surface area contributed by atoms with Gasteiger partial charge in [0.1, 0.15) is 17.8 Å². The molecule has 0 unspecified atom stereocenters. The Hall–Kier alpha value is -3.15. The quantitative estimate of drug-likeness (QED) is 0.749. The number of rotatable bonds is 5. The minimum Gasteiger partial charge on any atom is -0.437 e. The standard InChI is InChI=1S/C17H17N5O/c1-2-12-5-7-14(8-6-12)23-17-15(18)16(20-11-21-17)22-13-4-3-9-19-10-13/h3-11H,2,18H2,1H3,(H,20,21,22). The summed E-state index contributed by atoms with van der Waals surface area (Å²) in [5.74, 6) is 1.48. The van der Waals surface area contributed by atoms with Crippen molar-refractivity contribution in [1.82, 2.24) is 15.0 Å². The van der Waals surface area contributed by atoms with Crippen LogP contribution in [0.25, 0.3) is 0 Å². The molecule has 0 saturated carbocycles. The third kappa shape index (κ3) is 3.55. The Kier molecular flexibility index (Phi) is 4.33. The van der Waals surface area contributed by atoms with Crippen LogP contribution >= 0.6 is 0 Å². The SMILES string of the molecule is CCc1ccc(Oc2ncnc(Nc3cccnc3)c2N)cc1. The van der Waals surface area contributed by atoms with Gasteiger partial charge in [-0.2, -0.15) is 4.98 Å². The number of aryl methyl sites for hydroxylation is 1. The average Bonchev–Trinajstić information content (AvgIpc) is 2.60. The van der Waals surface area contributed by atoms with Crippen LogP contribution in [0, 0.1) is 0 Å². The van der Waals surface area contributed by atoms with E-state index in [0.717, 1.165) is 12.1 Å². The van der Waals surface area contributed by atoms with Gasteiger partial charge in [0.25, 0.3) is 0 Å². The molecule has 6 heteroatoms. The molecule has 0 amide bonds. The lowest BCUT2D eigenvalue weighted by molar-refractivity contribution is 0.464. The number of ether oxygens (including phenoxy) is 1. The number of nitrogens with zero attached hydrogens (tertiary/aromatic N) is 3. The number of hydrogen-bond donors (Lipinski definition) is 2. The number of nitrogen functional groups attached to an aromatic ring is 1. The molecule has 0 aliphatic heterocycles. The molecule has 0 fully saturated rings. The molecule has 2 heterocycles. The van der Waals surface area contributed by atoms with E-state index >= 15 is 0 Å². The minimum atomic E-state index is 0.315. The monoisotopic (exact) mass is 307 g/mol. The Balaban J connectivity index is 1.81. The summed E-state index contributed by atoms with van der Waals surface area (Å²) in [6, 6.07) is 11.5. The molecule has 0 aliphatic carbocycles. The van der Waals surface area contributed by atoms with Crippen molar-refractivity contribution >= 4 is 17.2 Å². The zero-order chi connectivity index (χ0) is 16.1. The lowest BCUT2D eigenvalue weighted by Crippen LogP contribution is -2.03. The third-order valence-corrected chi connectivity index (χ3v) is 3.32. The average molecular weight is 307 g/mol. The molecular weight excluding hydrogens is 290 g/mol. The molecule has 116 valence electrons. The first-order valence-corrected chi connectivity index (χ1v) is 7.30. The Bertz CT molecular complexity index is 775. The van der Waals surface area contributed by atoms with Crippen LogP contribution in [0.5, 0.6) is 11.6 Å². The van der Waals surface area contributed by atoms with Crippen molar-refractivity contribution in [2.75, 3.05) is 11.1 Å². The summed E-state index contributed by atoms with van der Waals surface area (Å²) in [5, 5.41) is 3.10. The van der Waals surface area contributed by atoms with Gasteiger partial charge < -0.3 is 15.8 Å². The normalized spacial score (nSPS) is 10.3. The van der Waals surface area contributed by atoms with Crippen LogP contribution in [0.4, 0.5) is 17.2 Å². The number of pyridine rings is 1.